The first-order valence-electron chi connectivity index (χ1n) is 7.66. The fraction of sp³-hybridized carbons (Fsp3) is 0.733. The molecule has 3 rings (SSSR count). The lowest BCUT2D eigenvalue weighted by atomic mass is 10.1. The molecule has 2 aliphatic rings. The Morgan fingerprint density at radius 3 is 2.90 bits per heavy atom. The van der Waals surface area contributed by atoms with E-state index in [1.54, 1.807) is 0 Å². The molecule has 110 valence electrons. The molecule has 1 N–H and O–H groups in total. The molecule has 0 spiro atoms. The van der Waals surface area contributed by atoms with Crippen LogP contribution in [0.25, 0.3) is 0 Å². The van der Waals surface area contributed by atoms with Crippen LogP contribution in [0.3, 0.4) is 0 Å². The van der Waals surface area contributed by atoms with Crippen molar-refractivity contribution in [1.82, 2.24) is 15.3 Å². The highest BCUT2D eigenvalue weighted by atomic mass is 16.5. The number of nitrogens with one attached hydrogen (secondary N) is 1. The summed E-state index contributed by atoms with van der Waals surface area (Å²) in [5, 5.41) is 3.38. The van der Waals surface area contributed by atoms with Crippen molar-refractivity contribution in [2.75, 3.05) is 18.1 Å². The van der Waals surface area contributed by atoms with E-state index in [0.29, 0.717) is 18.2 Å². The van der Waals surface area contributed by atoms with E-state index in [0.717, 1.165) is 31.2 Å². The molecule has 1 aromatic heterocycles. The van der Waals surface area contributed by atoms with Crippen LogP contribution in [-0.2, 0) is 11.3 Å². The van der Waals surface area contributed by atoms with Crippen LogP contribution in [0, 0.1) is 0 Å². The average Bonchev–Trinajstić information content (AvgIpc) is 2.94. The van der Waals surface area contributed by atoms with Gasteiger partial charge in [0, 0.05) is 37.1 Å². The summed E-state index contributed by atoms with van der Waals surface area (Å²) in [7, 11) is 0. The highest BCUT2D eigenvalue weighted by molar-refractivity contribution is 5.34. The number of nitrogens with zero attached hydrogens (tertiary/aromatic N) is 3. The van der Waals surface area contributed by atoms with Crippen molar-refractivity contribution in [1.29, 1.82) is 0 Å². The molecule has 1 aromatic rings. The summed E-state index contributed by atoms with van der Waals surface area (Å²) in [5.41, 5.74) is 1.14. The zero-order chi connectivity index (χ0) is 13.9. The molecule has 20 heavy (non-hydrogen) atoms. The van der Waals surface area contributed by atoms with E-state index in [-0.39, 0.29) is 0 Å². The van der Waals surface area contributed by atoms with E-state index < -0.39 is 0 Å². The summed E-state index contributed by atoms with van der Waals surface area (Å²) in [5.74, 6) is 0.860. The first kappa shape index (κ1) is 13.8. The molecule has 1 aliphatic carbocycles. The van der Waals surface area contributed by atoms with Gasteiger partial charge in [0.05, 0.1) is 18.8 Å². The van der Waals surface area contributed by atoms with Gasteiger partial charge in [0.1, 0.15) is 0 Å². The van der Waals surface area contributed by atoms with Crippen molar-refractivity contribution >= 4 is 5.95 Å². The predicted octanol–water partition coefficient (Wildman–Crippen LogP) is 1.73. The maximum atomic E-state index is 5.84. The fourth-order valence-corrected chi connectivity index (χ4v) is 3.08. The van der Waals surface area contributed by atoms with Crippen LogP contribution in [0.1, 0.15) is 38.7 Å². The number of fused-ring (bicyclic) bond motifs is 1. The Labute approximate surface area is 120 Å². The molecule has 2 fully saturated rings. The van der Waals surface area contributed by atoms with Crippen LogP contribution in [0.5, 0.6) is 0 Å². The van der Waals surface area contributed by atoms with Crippen molar-refractivity contribution < 1.29 is 4.74 Å². The molecular weight excluding hydrogens is 252 g/mol. The van der Waals surface area contributed by atoms with E-state index in [2.05, 4.69) is 34.0 Å². The first-order valence-corrected chi connectivity index (χ1v) is 7.66. The average molecular weight is 276 g/mol. The summed E-state index contributed by atoms with van der Waals surface area (Å²) in [6.45, 7) is 6.81. The third kappa shape index (κ3) is 2.94. The molecule has 0 amide bonds. The van der Waals surface area contributed by atoms with Crippen molar-refractivity contribution in [2.45, 2.75) is 57.8 Å². The number of hydrogen-bond acceptors (Lipinski definition) is 5. The molecular formula is C15H24N4O. The van der Waals surface area contributed by atoms with Gasteiger partial charge in [-0.15, -0.1) is 0 Å². The Hall–Kier alpha value is -1.20. The van der Waals surface area contributed by atoms with Gasteiger partial charge in [0.25, 0.3) is 0 Å². The van der Waals surface area contributed by atoms with Crippen LogP contribution in [-0.4, -0.2) is 41.3 Å². The number of morpholine rings is 1. The van der Waals surface area contributed by atoms with Gasteiger partial charge in [-0.1, -0.05) is 13.8 Å². The Morgan fingerprint density at radius 1 is 1.35 bits per heavy atom. The Morgan fingerprint density at radius 2 is 2.15 bits per heavy atom. The number of rotatable bonds is 4. The standard InChI is InChI=1S/C15H24N4O/c1-11(2)16-8-12-9-17-15(18-10-12)19-6-7-20-14-5-3-4-13(14)19/h9-11,13-14,16H,3-8H2,1-2H3. The maximum Gasteiger partial charge on any atom is 0.225 e. The topological polar surface area (TPSA) is 50.3 Å². The van der Waals surface area contributed by atoms with E-state index in [1.807, 2.05) is 12.4 Å². The molecule has 5 nitrogen and oxygen atoms in total. The molecule has 1 saturated carbocycles. The van der Waals surface area contributed by atoms with Crippen LogP contribution < -0.4 is 10.2 Å². The van der Waals surface area contributed by atoms with Gasteiger partial charge in [-0.2, -0.15) is 0 Å². The Kier molecular flexibility index (Phi) is 4.17. The van der Waals surface area contributed by atoms with E-state index >= 15 is 0 Å². The lowest BCUT2D eigenvalue weighted by Gasteiger charge is -2.37. The smallest absolute Gasteiger partial charge is 0.225 e. The molecule has 0 aromatic carbocycles. The highest BCUT2D eigenvalue weighted by Crippen LogP contribution is 2.31. The summed E-state index contributed by atoms with van der Waals surface area (Å²) in [6, 6.07) is 0.955. The van der Waals surface area contributed by atoms with Gasteiger partial charge in [0.15, 0.2) is 0 Å². The predicted molar refractivity (Wildman–Crippen MR) is 78.7 cm³/mol. The van der Waals surface area contributed by atoms with Gasteiger partial charge < -0.3 is 15.0 Å². The third-order valence-corrected chi connectivity index (χ3v) is 4.15. The highest BCUT2D eigenvalue weighted by Gasteiger charge is 2.37. The molecule has 5 heteroatoms. The molecule has 1 saturated heterocycles. The molecule has 2 atom stereocenters. The lowest BCUT2D eigenvalue weighted by molar-refractivity contribution is 0.0250. The van der Waals surface area contributed by atoms with Crippen LogP contribution in [0.4, 0.5) is 5.95 Å². The summed E-state index contributed by atoms with van der Waals surface area (Å²) in [4.78, 5) is 11.5. The zero-order valence-electron chi connectivity index (χ0n) is 12.4. The van der Waals surface area contributed by atoms with Crippen LogP contribution in [0.15, 0.2) is 12.4 Å². The zero-order valence-corrected chi connectivity index (χ0v) is 12.4. The Balaban J connectivity index is 1.67. The maximum absolute atomic E-state index is 5.84. The van der Waals surface area contributed by atoms with E-state index in [4.69, 9.17) is 4.74 Å². The van der Waals surface area contributed by atoms with Gasteiger partial charge >= 0.3 is 0 Å². The minimum absolute atomic E-state index is 0.384. The van der Waals surface area contributed by atoms with Crippen LogP contribution >= 0.6 is 0 Å². The van der Waals surface area contributed by atoms with E-state index in [1.165, 1.54) is 19.3 Å². The number of anilines is 1. The van der Waals surface area contributed by atoms with Crippen molar-refractivity contribution in [3.8, 4) is 0 Å². The van der Waals surface area contributed by atoms with E-state index in [9.17, 15) is 0 Å². The molecule has 2 unspecified atom stereocenters. The summed E-state index contributed by atoms with van der Waals surface area (Å²) >= 11 is 0. The summed E-state index contributed by atoms with van der Waals surface area (Å²) < 4.78 is 5.84. The van der Waals surface area contributed by atoms with Crippen LogP contribution in [0.2, 0.25) is 0 Å². The number of aromatic nitrogens is 2. The second-order valence-electron chi connectivity index (χ2n) is 6.03. The second kappa shape index (κ2) is 6.06. The SMILES string of the molecule is CC(C)NCc1cnc(N2CCOC3CCCC32)nc1. The molecule has 0 bridgehead atoms. The van der Waals surface area contributed by atoms with Gasteiger partial charge in [-0.05, 0) is 19.3 Å². The van der Waals surface area contributed by atoms with Gasteiger partial charge in [0.2, 0.25) is 5.95 Å². The largest absolute Gasteiger partial charge is 0.374 e. The van der Waals surface area contributed by atoms with Crippen molar-refractivity contribution in [3.05, 3.63) is 18.0 Å². The minimum Gasteiger partial charge on any atom is -0.374 e. The Bertz CT molecular complexity index is 434. The second-order valence-corrected chi connectivity index (χ2v) is 6.03. The molecule has 0 radical (unpaired) electrons. The third-order valence-electron chi connectivity index (χ3n) is 4.15. The minimum atomic E-state index is 0.384. The van der Waals surface area contributed by atoms with Crippen molar-refractivity contribution in [3.63, 3.8) is 0 Å². The van der Waals surface area contributed by atoms with Gasteiger partial charge in [-0.3, -0.25) is 0 Å². The fourth-order valence-electron chi connectivity index (χ4n) is 3.08. The van der Waals surface area contributed by atoms with Crippen molar-refractivity contribution in [2.24, 2.45) is 0 Å². The first-order chi connectivity index (χ1) is 9.74. The monoisotopic (exact) mass is 276 g/mol. The molecule has 2 heterocycles. The van der Waals surface area contributed by atoms with Gasteiger partial charge in [-0.25, -0.2) is 9.97 Å². The summed E-state index contributed by atoms with van der Waals surface area (Å²) in [6.07, 6.45) is 7.90. The quantitative estimate of drug-likeness (QED) is 0.907. The lowest BCUT2D eigenvalue weighted by Crippen LogP contribution is -2.49. The number of ether oxygens (including phenoxy) is 1. The number of hydrogen-bond donors (Lipinski definition) is 1. The molecule has 1 aliphatic heterocycles. The normalized spacial score (nSPS) is 26.1.